The number of nitrogen functional groups attached to an aromatic ring is 1. The predicted molar refractivity (Wildman–Crippen MR) is 70.1 cm³/mol. The molecule has 1 fully saturated rings. The van der Waals surface area contributed by atoms with Gasteiger partial charge in [0, 0.05) is 6.54 Å². The number of hydrogen-bond acceptors (Lipinski definition) is 4. The summed E-state index contributed by atoms with van der Waals surface area (Å²) >= 11 is 1.26. The van der Waals surface area contributed by atoms with Crippen LogP contribution < -0.4 is 11.1 Å². The average Bonchev–Trinajstić information content (AvgIpc) is 2.81. The molecule has 1 aromatic rings. The highest BCUT2D eigenvalue weighted by Gasteiger charge is 2.22. The van der Waals surface area contributed by atoms with Crippen molar-refractivity contribution in [2.75, 3.05) is 12.3 Å². The van der Waals surface area contributed by atoms with E-state index in [1.54, 1.807) is 0 Å². The van der Waals surface area contributed by atoms with E-state index in [9.17, 15) is 4.79 Å². The molecule has 5 heteroatoms. The maximum Gasteiger partial charge on any atom is 0.263 e. The lowest BCUT2D eigenvalue weighted by atomic mass is 10.1. The topological polar surface area (TPSA) is 68.0 Å². The van der Waals surface area contributed by atoms with E-state index < -0.39 is 0 Å². The van der Waals surface area contributed by atoms with E-state index in [2.05, 4.69) is 17.2 Å². The summed E-state index contributed by atoms with van der Waals surface area (Å²) in [6, 6.07) is 0. The predicted octanol–water partition coefficient (Wildman–Crippen LogP) is 2.20. The fourth-order valence-electron chi connectivity index (χ4n) is 2.46. The zero-order chi connectivity index (χ0) is 12.4. The van der Waals surface area contributed by atoms with Crippen LogP contribution in [0, 0.1) is 18.8 Å². The number of thiazole rings is 1. The summed E-state index contributed by atoms with van der Waals surface area (Å²) in [4.78, 5) is 16.6. The molecule has 1 aromatic heterocycles. The minimum Gasteiger partial charge on any atom is -0.375 e. The third-order valence-electron chi connectivity index (χ3n) is 3.37. The zero-order valence-electron chi connectivity index (χ0n) is 10.3. The first-order valence-corrected chi connectivity index (χ1v) is 6.89. The van der Waals surface area contributed by atoms with Crippen LogP contribution in [-0.4, -0.2) is 17.4 Å². The Kier molecular flexibility index (Phi) is 3.66. The lowest BCUT2D eigenvalue weighted by Crippen LogP contribution is -2.28. The highest BCUT2D eigenvalue weighted by atomic mass is 32.1. The van der Waals surface area contributed by atoms with E-state index in [1.807, 2.05) is 6.92 Å². The first-order valence-electron chi connectivity index (χ1n) is 6.07. The van der Waals surface area contributed by atoms with Gasteiger partial charge in [0.05, 0.1) is 5.69 Å². The van der Waals surface area contributed by atoms with Gasteiger partial charge in [-0.2, -0.15) is 0 Å². The minimum absolute atomic E-state index is 0.0312. The van der Waals surface area contributed by atoms with E-state index in [0.717, 1.165) is 18.2 Å². The van der Waals surface area contributed by atoms with Crippen molar-refractivity contribution >= 4 is 22.4 Å². The Morgan fingerprint density at radius 3 is 2.88 bits per heavy atom. The summed E-state index contributed by atoms with van der Waals surface area (Å²) < 4.78 is 0. The number of carbonyl (C=O) groups excluding carboxylic acids is 1. The van der Waals surface area contributed by atoms with Crippen molar-refractivity contribution in [2.45, 2.75) is 33.1 Å². The Bertz CT molecular complexity index is 416. The third kappa shape index (κ3) is 2.97. The van der Waals surface area contributed by atoms with Crippen molar-refractivity contribution in [1.29, 1.82) is 0 Å². The van der Waals surface area contributed by atoms with E-state index in [1.165, 1.54) is 30.6 Å². The van der Waals surface area contributed by atoms with E-state index >= 15 is 0 Å². The van der Waals surface area contributed by atoms with Crippen LogP contribution in [0.25, 0.3) is 0 Å². The first kappa shape index (κ1) is 12.4. The van der Waals surface area contributed by atoms with Crippen molar-refractivity contribution < 1.29 is 4.79 Å². The van der Waals surface area contributed by atoms with Crippen molar-refractivity contribution in [3.05, 3.63) is 10.6 Å². The molecule has 17 heavy (non-hydrogen) atoms. The molecule has 3 N–H and O–H groups in total. The van der Waals surface area contributed by atoms with Crippen LogP contribution in [0.15, 0.2) is 0 Å². The maximum atomic E-state index is 11.9. The van der Waals surface area contributed by atoms with Gasteiger partial charge >= 0.3 is 0 Å². The van der Waals surface area contributed by atoms with E-state index in [-0.39, 0.29) is 5.91 Å². The second-order valence-corrected chi connectivity index (χ2v) is 5.99. The molecule has 2 rings (SSSR count). The number of nitrogens with two attached hydrogens (primary N) is 1. The largest absolute Gasteiger partial charge is 0.375 e. The molecule has 1 amide bonds. The van der Waals surface area contributed by atoms with Gasteiger partial charge in [-0.15, -0.1) is 0 Å². The second-order valence-electron chi connectivity index (χ2n) is 4.96. The summed E-state index contributed by atoms with van der Waals surface area (Å²) in [6.07, 6.45) is 3.74. The monoisotopic (exact) mass is 253 g/mol. The molecular formula is C12H19N3OS. The molecule has 94 valence electrons. The fourth-order valence-corrected chi connectivity index (χ4v) is 3.21. The van der Waals surface area contributed by atoms with Gasteiger partial charge in [-0.3, -0.25) is 4.79 Å². The fraction of sp³-hybridized carbons (Fsp3) is 0.667. The van der Waals surface area contributed by atoms with Gasteiger partial charge in [-0.25, -0.2) is 4.98 Å². The highest BCUT2D eigenvalue weighted by molar-refractivity contribution is 7.17. The molecule has 1 saturated carbocycles. The quantitative estimate of drug-likeness (QED) is 0.867. The van der Waals surface area contributed by atoms with Gasteiger partial charge < -0.3 is 11.1 Å². The number of rotatable bonds is 3. The maximum absolute atomic E-state index is 11.9. The lowest BCUT2D eigenvalue weighted by molar-refractivity contribution is 0.0950. The summed E-state index contributed by atoms with van der Waals surface area (Å²) in [5.41, 5.74) is 6.31. The molecule has 0 bridgehead atoms. The van der Waals surface area contributed by atoms with Crippen molar-refractivity contribution in [2.24, 2.45) is 11.8 Å². The van der Waals surface area contributed by atoms with Gasteiger partial charge in [0.1, 0.15) is 4.88 Å². The number of carbonyl (C=O) groups is 1. The van der Waals surface area contributed by atoms with Gasteiger partial charge in [0.15, 0.2) is 5.13 Å². The normalized spacial score (nSPS) is 23.9. The van der Waals surface area contributed by atoms with Gasteiger partial charge in [0.2, 0.25) is 0 Å². The second kappa shape index (κ2) is 5.04. The van der Waals surface area contributed by atoms with Crippen molar-refractivity contribution in [3.63, 3.8) is 0 Å². The van der Waals surface area contributed by atoms with Gasteiger partial charge in [-0.05, 0) is 31.6 Å². The third-order valence-corrected chi connectivity index (χ3v) is 4.36. The summed E-state index contributed by atoms with van der Waals surface area (Å²) in [5.74, 6) is 1.41. The molecule has 0 aliphatic heterocycles. The molecule has 0 aromatic carbocycles. The molecule has 2 unspecified atom stereocenters. The lowest BCUT2D eigenvalue weighted by Gasteiger charge is -2.10. The number of nitrogens with zero attached hydrogens (tertiary/aromatic N) is 1. The van der Waals surface area contributed by atoms with Crippen LogP contribution in [0.2, 0.25) is 0 Å². The molecule has 4 nitrogen and oxygen atoms in total. The first-order chi connectivity index (χ1) is 8.06. The number of anilines is 1. The average molecular weight is 253 g/mol. The Morgan fingerprint density at radius 2 is 2.35 bits per heavy atom. The Hall–Kier alpha value is -1.10. The summed E-state index contributed by atoms with van der Waals surface area (Å²) in [5, 5.41) is 3.45. The van der Waals surface area contributed by atoms with Crippen LogP contribution >= 0.6 is 11.3 Å². The summed E-state index contributed by atoms with van der Waals surface area (Å²) in [6.45, 7) is 4.87. The zero-order valence-corrected chi connectivity index (χ0v) is 11.1. The standard InChI is InChI=1S/C12H19N3OS/c1-7-3-4-9(5-7)6-14-11(16)10-8(2)15-12(13)17-10/h7,9H,3-6H2,1-2H3,(H2,13,15)(H,14,16). The highest BCUT2D eigenvalue weighted by Crippen LogP contribution is 2.29. The smallest absolute Gasteiger partial charge is 0.263 e. The summed E-state index contributed by atoms with van der Waals surface area (Å²) in [7, 11) is 0. The Balaban J connectivity index is 1.87. The molecule has 0 spiro atoms. The number of aryl methyl sites for hydroxylation is 1. The molecule has 1 heterocycles. The van der Waals surface area contributed by atoms with Crippen LogP contribution in [0.1, 0.15) is 41.6 Å². The molecule has 1 aliphatic carbocycles. The number of nitrogens with one attached hydrogen (secondary N) is 1. The van der Waals surface area contributed by atoms with Crippen molar-refractivity contribution in [3.8, 4) is 0 Å². The molecule has 2 atom stereocenters. The van der Waals surface area contributed by atoms with Crippen LogP contribution in [0.3, 0.4) is 0 Å². The molecule has 1 aliphatic rings. The Labute approximate surface area is 106 Å². The molecule has 0 saturated heterocycles. The van der Waals surface area contributed by atoms with E-state index in [0.29, 0.717) is 15.9 Å². The van der Waals surface area contributed by atoms with E-state index in [4.69, 9.17) is 5.73 Å². The minimum atomic E-state index is -0.0312. The van der Waals surface area contributed by atoms with Crippen LogP contribution in [0.5, 0.6) is 0 Å². The number of aromatic nitrogens is 1. The molecule has 0 radical (unpaired) electrons. The molecular weight excluding hydrogens is 234 g/mol. The van der Waals surface area contributed by atoms with Crippen LogP contribution in [-0.2, 0) is 0 Å². The number of hydrogen-bond donors (Lipinski definition) is 2. The van der Waals surface area contributed by atoms with Gasteiger partial charge in [-0.1, -0.05) is 24.7 Å². The van der Waals surface area contributed by atoms with Crippen LogP contribution in [0.4, 0.5) is 5.13 Å². The Morgan fingerprint density at radius 1 is 1.59 bits per heavy atom. The SMILES string of the molecule is Cc1nc(N)sc1C(=O)NCC1CCC(C)C1. The van der Waals surface area contributed by atoms with Crippen molar-refractivity contribution in [1.82, 2.24) is 10.3 Å². The number of amides is 1. The van der Waals surface area contributed by atoms with Gasteiger partial charge in [0.25, 0.3) is 5.91 Å².